The van der Waals surface area contributed by atoms with Crippen molar-refractivity contribution in [2.45, 2.75) is 6.92 Å². The Balaban J connectivity index is 1.67. The molecule has 4 rings (SSSR count). The van der Waals surface area contributed by atoms with Crippen LogP contribution < -0.4 is 5.32 Å². The molecule has 6 nitrogen and oxygen atoms in total. The molecule has 0 bridgehead atoms. The molecule has 0 aliphatic rings. The van der Waals surface area contributed by atoms with Crippen LogP contribution in [0.4, 0.5) is 5.13 Å². The second-order valence-electron chi connectivity index (χ2n) is 6.57. The monoisotopic (exact) mass is 402 g/mol. The van der Waals surface area contributed by atoms with Gasteiger partial charge in [-0.25, -0.2) is 9.97 Å². The lowest BCUT2D eigenvalue weighted by Gasteiger charge is -2.02. The predicted molar refractivity (Wildman–Crippen MR) is 114 cm³/mol. The molecule has 1 N–H and O–H groups in total. The summed E-state index contributed by atoms with van der Waals surface area (Å²) in [7, 11) is 1.90. The molecule has 0 aliphatic carbocycles. The number of hydrogen-bond acceptors (Lipinski definition) is 5. The number of ketones is 1. The van der Waals surface area contributed by atoms with E-state index in [-0.39, 0.29) is 0 Å². The van der Waals surface area contributed by atoms with Crippen LogP contribution in [0.2, 0.25) is 0 Å². The number of rotatable bonds is 5. The number of carbonyl (C=O) groups is 2. The van der Waals surface area contributed by atoms with Gasteiger partial charge in [0.15, 0.2) is 11.0 Å². The van der Waals surface area contributed by atoms with Crippen LogP contribution in [-0.4, -0.2) is 26.2 Å². The van der Waals surface area contributed by atoms with E-state index in [1.165, 1.54) is 11.3 Å². The lowest BCUT2D eigenvalue weighted by Crippen LogP contribution is -2.22. The average molecular weight is 402 g/mol. The number of thiazole rings is 1. The number of benzene rings is 2. The minimum absolute atomic E-state index is 0.345. The van der Waals surface area contributed by atoms with Gasteiger partial charge in [0.25, 0.3) is 11.7 Å². The summed E-state index contributed by atoms with van der Waals surface area (Å²) in [5.74, 6) is -0.569. The van der Waals surface area contributed by atoms with Gasteiger partial charge in [-0.15, -0.1) is 0 Å². The molecular weight excluding hydrogens is 384 g/mol. The third-order valence-corrected chi connectivity index (χ3v) is 5.41. The molecule has 4 aromatic rings. The molecule has 0 fully saturated rings. The molecule has 0 unspecified atom stereocenters. The molecule has 2 heterocycles. The Morgan fingerprint density at radius 2 is 1.76 bits per heavy atom. The number of aromatic nitrogens is 3. The minimum Gasteiger partial charge on any atom is -0.333 e. The molecule has 0 saturated carbocycles. The second-order valence-corrected chi connectivity index (χ2v) is 7.57. The molecule has 29 heavy (non-hydrogen) atoms. The topological polar surface area (TPSA) is 76.9 Å². The first kappa shape index (κ1) is 18.8. The van der Waals surface area contributed by atoms with Crippen molar-refractivity contribution in [3.05, 3.63) is 78.1 Å². The first-order valence-electron chi connectivity index (χ1n) is 8.99. The Kier molecular flexibility index (Phi) is 5.05. The first-order valence-corrected chi connectivity index (χ1v) is 9.81. The molecule has 1 amide bonds. The van der Waals surface area contributed by atoms with Crippen molar-refractivity contribution in [1.29, 1.82) is 0 Å². The highest BCUT2D eigenvalue weighted by molar-refractivity contribution is 7.19. The van der Waals surface area contributed by atoms with Gasteiger partial charge in [-0.05, 0) is 6.92 Å². The Hall–Kier alpha value is -3.58. The first-order chi connectivity index (χ1) is 14.0. The van der Waals surface area contributed by atoms with Gasteiger partial charge in [-0.1, -0.05) is 71.5 Å². The fourth-order valence-corrected chi connectivity index (χ4v) is 3.91. The maximum absolute atomic E-state index is 12.5. The van der Waals surface area contributed by atoms with E-state index >= 15 is 0 Å². The maximum Gasteiger partial charge on any atom is 0.298 e. The third kappa shape index (κ3) is 3.86. The van der Waals surface area contributed by atoms with E-state index in [1.807, 2.05) is 55.1 Å². The molecule has 0 spiro atoms. The number of nitrogens with zero attached hydrogens (tertiary/aromatic N) is 3. The number of anilines is 1. The average Bonchev–Trinajstić information content (AvgIpc) is 3.34. The van der Waals surface area contributed by atoms with E-state index < -0.39 is 11.7 Å². The number of hydrogen-bond donors (Lipinski definition) is 1. The van der Waals surface area contributed by atoms with E-state index in [4.69, 9.17) is 0 Å². The molecule has 0 saturated heterocycles. The van der Waals surface area contributed by atoms with E-state index in [0.717, 1.165) is 21.8 Å². The SMILES string of the molecule is Cc1ccc(C(=O)C(=O)Nc2nc(-c3ccccc3)c(-c3nccn3C)s2)cc1. The van der Waals surface area contributed by atoms with Crippen LogP contribution in [0.15, 0.2) is 67.0 Å². The van der Waals surface area contributed by atoms with Gasteiger partial charge in [-0.3, -0.25) is 14.9 Å². The van der Waals surface area contributed by atoms with Crippen molar-refractivity contribution in [3.8, 4) is 22.0 Å². The smallest absolute Gasteiger partial charge is 0.298 e. The maximum atomic E-state index is 12.5. The highest BCUT2D eigenvalue weighted by Crippen LogP contribution is 2.38. The normalized spacial score (nSPS) is 10.7. The molecule has 7 heteroatoms. The molecule has 0 atom stereocenters. The van der Waals surface area contributed by atoms with Gasteiger partial charge >= 0.3 is 0 Å². The molecule has 0 aliphatic heterocycles. The van der Waals surface area contributed by atoms with Crippen LogP contribution >= 0.6 is 11.3 Å². The third-order valence-electron chi connectivity index (χ3n) is 4.44. The number of imidazole rings is 1. The summed E-state index contributed by atoms with van der Waals surface area (Å²) in [5.41, 5.74) is 2.99. The molecule has 2 aromatic heterocycles. The number of Topliss-reactive ketones (excluding diaryl/α,β-unsaturated/α-hetero) is 1. The Morgan fingerprint density at radius 3 is 2.41 bits per heavy atom. The van der Waals surface area contributed by atoms with Gasteiger partial charge in [0.05, 0.1) is 10.6 Å². The van der Waals surface area contributed by atoms with Gasteiger partial charge in [0.2, 0.25) is 0 Å². The quantitative estimate of drug-likeness (QED) is 0.398. The van der Waals surface area contributed by atoms with Gasteiger partial charge in [0.1, 0.15) is 0 Å². The van der Waals surface area contributed by atoms with Gasteiger partial charge in [0, 0.05) is 30.6 Å². The predicted octanol–water partition coefficient (Wildman–Crippen LogP) is 4.34. The molecule has 144 valence electrons. The van der Waals surface area contributed by atoms with Crippen molar-refractivity contribution in [3.63, 3.8) is 0 Å². The standard InChI is InChI=1S/C22H18N4O2S/c1-14-8-10-16(11-9-14)18(27)21(28)25-22-24-17(15-6-4-3-5-7-15)19(29-22)20-23-12-13-26(20)2/h3-13H,1-2H3,(H,24,25,28). The van der Waals surface area contributed by atoms with Crippen LogP contribution in [-0.2, 0) is 11.8 Å². The van der Waals surface area contributed by atoms with E-state index in [1.54, 1.807) is 30.5 Å². The number of amides is 1. The van der Waals surface area contributed by atoms with E-state index in [9.17, 15) is 9.59 Å². The number of nitrogens with one attached hydrogen (secondary N) is 1. The molecule has 0 radical (unpaired) electrons. The largest absolute Gasteiger partial charge is 0.333 e. The lowest BCUT2D eigenvalue weighted by molar-refractivity contribution is -0.112. The van der Waals surface area contributed by atoms with Crippen molar-refractivity contribution in [2.75, 3.05) is 5.32 Å². The summed E-state index contributed by atoms with van der Waals surface area (Å²) in [4.78, 5) is 34.8. The molecule has 2 aromatic carbocycles. The fraction of sp³-hybridized carbons (Fsp3) is 0.0909. The van der Waals surface area contributed by atoms with Crippen molar-refractivity contribution < 1.29 is 9.59 Å². The zero-order valence-corrected chi connectivity index (χ0v) is 16.7. The van der Waals surface area contributed by atoms with E-state index in [2.05, 4.69) is 15.3 Å². The van der Waals surface area contributed by atoms with E-state index in [0.29, 0.717) is 16.4 Å². The Labute approximate surface area is 171 Å². The summed E-state index contributed by atoms with van der Waals surface area (Å²) in [6, 6.07) is 16.6. The minimum atomic E-state index is -0.714. The van der Waals surface area contributed by atoms with Crippen LogP contribution in [0.3, 0.4) is 0 Å². The molecular formula is C22H18N4O2S. The fourth-order valence-electron chi connectivity index (χ4n) is 2.89. The van der Waals surface area contributed by atoms with Gasteiger partial charge in [-0.2, -0.15) is 0 Å². The highest BCUT2D eigenvalue weighted by atomic mass is 32.1. The zero-order valence-electron chi connectivity index (χ0n) is 15.9. The van der Waals surface area contributed by atoms with Gasteiger partial charge < -0.3 is 4.57 Å². The zero-order chi connectivity index (χ0) is 20.4. The van der Waals surface area contributed by atoms with Crippen molar-refractivity contribution in [1.82, 2.24) is 14.5 Å². The highest BCUT2D eigenvalue weighted by Gasteiger charge is 2.22. The lowest BCUT2D eigenvalue weighted by atomic mass is 10.1. The Bertz CT molecular complexity index is 1180. The Morgan fingerprint density at radius 1 is 1.03 bits per heavy atom. The second kappa shape index (κ2) is 7.81. The summed E-state index contributed by atoms with van der Waals surface area (Å²) in [5, 5.41) is 3.00. The summed E-state index contributed by atoms with van der Waals surface area (Å²) in [6.07, 6.45) is 3.56. The number of carbonyl (C=O) groups excluding carboxylic acids is 2. The van der Waals surface area contributed by atoms with Crippen molar-refractivity contribution in [2.24, 2.45) is 7.05 Å². The van der Waals surface area contributed by atoms with Crippen LogP contribution in [0.5, 0.6) is 0 Å². The summed E-state index contributed by atoms with van der Waals surface area (Å²) in [6.45, 7) is 1.92. The van der Waals surface area contributed by atoms with Crippen LogP contribution in [0.1, 0.15) is 15.9 Å². The van der Waals surface area contributed by atoms with Crippen LogP contribution in [0.25, 0.3) is 22.0 Å². The summed E-state index contributed by atoms with van der Waals surface area (Å²) < 4.78 is 1.89. The van der Waals surface area contributed by atoms with Crippen LogP contribution in [0, 0.1) is 6.92 Å². The van der Waals surface area contributed by atoms with Crippen molar-refractivity contribution >= 4 is 28.2 Å². The number of aryl methyl sites for hydroxylation is 2. The summed E-state index contributed by atoms with van der Waals surface area (Å²) >= 11 is 1.29.